The van der Waals surface area contributed by atoms with Crippen molar-refractivity contribution < 1.29 is 63.4 Å². The van der Waals surface area contributed by atoms with Gasteiger partial charge < -0.3 is 10.4 Å². The van der Waals surface area contributed by atoms with E-state index in [2.05, 4.69) is 45.0 Å². The quantitative estimate of drug-likeness (QED) is 0.0117. The molecule has 2 heterocycles. The van der Waals surface area contributed by atoms with Gasteiger partial charge in [-0.25, -0.2) is 14.7 Å². The third-order valence-electron chi connectivity index (χ3n) is 6.38. The van der Waals surface area contributed by atoms with E-state index in [1.165, 1.54) is 18.2 Å². The number of benzene rings is 2. The van der Waals surface area contributed by atoms with E-state index in [9.17, 15) is 44.5 Å². The summed E-state index contributed by atoms with van der Waals surface area (Å²) in [4.78, 5) is 37.6. The van der Waals surface area contributed by atoms with E-state index >= 15 is 0 Å². The number of nitrogens with zero attached hydrogens (tertiary/aromatic N) is 6. The number of aromatic amines is 1. The Morgan fingerprint density at radius 2 is 1.50 bits per heavy atom. The Kier molecular flexibility index (Phi) is 15.6. The lowest BCUT2D eigenvalue weighted by Crippen LogP contribution is -2.15. The second-order valence-corrected chi connectivity index (χ2v) is 18.6. The largest absolute Gasteiger partial charge is 0.476 e. The van der Waals surface area contributed by atoms with Gasteiger partial charge in [0, 0.05) is 17.2 Å². The van der Waals surface area contributed by atoms with Crippen LogP contribution in [0, 0.1) is 0 Å². The van der Waals surface area contributed by atoms with Gasteiger partial charge in [0.2, 0.25) is 5.95 Å². The van der Waals surface area contributed by atoms with Crippen LogP contribution in [0.2, 0.25) is 10.0 Å². The van der Waals surface area contributed by atoms with E-state index in [-0.39, 0.29) is 62.6 Å². The molecule has 4 aromatic rings. The number of aromatic carboxylic acids is 1. The Morgan fingerprint density at radius 3 is 2.04 bits per heavy atom. The summed E-state index contributed by atoms with van der Waals surface area (Å²) in [6, 6.07) is 5.71. The monoisotopic (exact) mass is 938 g/mol. The van der Waals surface area contributed by atoms with Crippen LogP contribution in [-0.2, 0) is 39.7 Å². The van der Waals surface area contributed by atoms with E-state index in [0.29, 0.717) is 16.7 Å². The molecule has 0 radical (unpaired) electrons. The molecule has 56 heavy (non-hydrogen) atoms. The minimum atomic E-state index is -4.83. The molecule has 4 rings (SSSR count). The molecule has 31 heteroatoms. The highest BCUT2D eigenvalue weighted by molar-refractivity contribution is 7.99. The maximum atomic E-state index is 13.4. The lowest BCUT2D eigenvalue weighted by Gasteiger charge is -2.10. The molecule has 0 fully saturated rings. The number of azo groups is 1. The standard InChI is InChI=1S/C25H24Cl2N8O15S6/c26-13-11-18(56(46,47)48)14(27)10-16(13)35-21(36)19(20(34-35)22(37)38)33-32-15-9-12(3-4-17(15)53-50-49-39)28-23-29-24(51-5-1-7-54(40,41)42)31-25(30-23)52-6-2-8-55(43,44)45/h3-4,9-11,34,39H,1-2,5-8H2,(H,37,38)(H,40,41,42)(H,43,44,45)(H,46,47,48)(H,28,29,30,31). The molecule has 0 atom stereocenters. The minimum Gasteiger partial charge on any atom is -0.476 e. The number of hydrogen-bond acceptors (Lipinski definition) is 20. The van der Waals surface area contributed by atoms with Crippen molar-refractivity contribution in [3.63, 3.8) is 0 Å². The van der Waals surface area contributed by atoms with Crippen LogP contribution in [0.15, 0.2) is 65.5 Å². The summed E-state index contributed by atoms with van der Waals surface area (Å²) in [5.41, 5.74) is -2.98. The topological polar surface area (TPSA) is 352 Å². The molecule has 0 aliphatic heterocycles. The average Bonchev–Trinajstić information content (AvgIpc) is 3.42. The normalized spacial score (nSPS) is 12.4. The zero-order chi connectivity index (χ0) is 41.4. The van der Waals surface area contributed by atoms with Crippen LogP contribution in [-0.4, -0.2) is 103 Å². The van der Waals surface area contributed by atoms with Crippen molar-refractivity contribution in [3.8, 4) is 5.69 Å². The molecule has 0 unspecified atom stereocenters. The van der Waals surface area contributed by atoms with Gasteiger partial charge in [0.15, 0.2) is 21.7 Å². The molecule has 0 saturated heterocycles. The number of H-pyrrole nitrogens is 1. The van der Waals surface area contributed by atoms with Crippen LogP contribution in [0.1, 0.15) is 23.3 Å². The molecule has 0 aliphatic carbocycles. The summed E-state index contributed by atoms with van der Waals surface area (Å²) < 4.78 is 100. The lowest BCUT2D eigenvalue weighted by molar-refractivity contribution is -0.432. The fourth-order valence-corrected chi connectivity index (χ4v) is 8.82. The number of anilines is 2. The molecular weight excluding hydrogens is 916 g/mol. The van der Waals surface area contributed by atoms with Crippen molar-refractivity contribution in [2.24, 2.45) is 10.2 Å². The number of carboxylic acids is 1. The Hall–Kier alpha value is -3.43. The number of rotatable bonds is 20. The van der Waals surface area contributed by atoms with Gasteiger partial charge in [-0.05, 0) is 43.2 Å². The maximum absolute atomic E-state index is 13.4. The predicted octanol–water partition coefficient (Wildman–Crippen LogP) is 4.93. The SMILES string of the molecule is O=C(O)c1[nH]n(-c2cc(Cl)c(S(=O)(=O)O)cc2Cl)c(=O)c1N=Nc1cc(Nc2nc(SCCCS(=O)(=O)O)nc(SCCCS(=O)(=O)O)n2)ccc1SOOO. The predicted molar refractivity (Wildman–Crippen MR) is 201 cm³/mol. The molecule has 304 valence electrons. The summed E-state index contributed by atoms with van der Waals surface area (Å²) in [5, 5.41) is 34.3. The number of hydrogen-bond donors (Lipinski definition) is 7. The van der Waals surface area contributed by atoms with Crippen molar-refractivity contribution in [1.29, 1.82) is 0 Å². The zero-order valence-electron chi connectivity index (χ0n) is 27.3. The fourth-order valence-electron chi connectivity index (χ4n) is 4.09. The molecule has 2 aromatic carbocycles. The average molecular weight is 940 g/mol. The van der Waals surface area contributed by atoms with Crippen LogP contribution >= 0.6 is 58.8 Å². The first-order chi connectivity index (χ1) is 26.1. The molecule has 0 amide bonds. The van der Waals surface area contributed by atoms with Gasteiger partial charge in [0.25, 0.3) is 35.9 Å². The highest BCUT2D eigenvalue weighted by atomic mass is 35.5. The molecule has 23 nitrogen and oxygen atoms in total. The van der Waals surface area contributed by atoms with Gasteiger partial charge in [-0.3, -0.25) is 23.6 Å². The third-order valence-corrected chi connectivity index (χ3v) is 12.1. The van der Waals surface area contributed by atoms with Crippen LogP contribution < -0.4 is 10.9 Å². The van der Waals surface area contributed by atoms with Gasteiger partial charge >= 0.3 is 5.97 Å². The van der Waals surface area contributed by atoms with Crippen molar-refractivity contribution in [2.45, 2.75) is 32.9 Å². The van der Waals surface area contributed by atoms with E-state index in [0.717, 1.165) is 35.7 Å². The van der Waals surface area contributed by atoms with Crippen LogP contribution in [0.4, 0.5) is 23.0 Å². The van der Waals surface area contributed by atoms with E-state index in [1.54, 1.807) is 0 Å². The van der Waals surface area contributed by atoms with Gasteiger partial charge in [-0.1, -0.05) is 51.8 Å². The van der Waals surface area contributed by atoms with Crippen molar-refractivity contribution in [3.05, 3.63) is 56.4 Å². The molecule has 2 aromatic heterocycles. The first kappa shape index (κ1) is 45.3. The summed E-state index contributed by atoms with van der Waals surface area (Å²) >= 11 is 14.6. The summed E-state index contributed by atoms with van der Waals surface area (Å²) in [6.07, 6.45) is 0.0810. The number of halogens is 2. The van der Waals surface area contributed by atoms with Crippen LogP contribution in [0.5, 0.6) is 0 Å². The molecular formula is C25H24Cl2N8O15S6. The molecule has 0 saturated carbocycles. The van der Waals surface area contributed by atoms with Gasteiger partial charge in [0.05, 0.1) is 44.2 Å². The Labute approximate surface area is 337 Å². The molecule has 0 aliphatic rings. The third kappa shape index (κ3) is 13.3. The first-order valence-corrected chi connectivity index (χ1v) is 22.7. The molecule has 0 spiro atoms. The summed E-state index contributed by atoms with van der Waals surface area (Å²) in [6.45, 7) is 0. The number of thioether (sulfide) groups is 2. The van der Waals surface area contributed by atoms with E-state index < -0.39 is 79.7 Å². The van der Waals surface area contributed by atoms with E-state index in [1.807, 2.05) is 0 Å². The van der Waals surface area contributed by atoms with Crippen LogP contribution in [0.25, 0.3) is 5.69 Å². The summed E-state index contributed by atoms with van der Waals surface area (Å²) in [5.74, 6) is -2.47. The van der Waals surface area contributed by atoms with Crippen molar-refractivity contribution in [2.75, 3.05) is 28.3 Å². The smallest absolute Gasteiger partial charge is 0.356 e. The Bertz CT molecular complexity index is 2480. The van der Waals surface area contributed by atoms with Gasteiger partial charge in [-0.15, -0.1) is 14.6 Å². The zero-order valence-corrected chi connectivity index (χ0v) is 33.7. The van der Waals surface area contributed by atoms with Gasteiger partial charge in [-0.2, -0.15) is 40.2 Å². The second kappa shape index (κ2) is 19.3. The van der Waals surface area contributed by atoms with Crippen LogP contribution in [0.3, 0.4) is 0 Å². The minimum absolute atomic E-state index is 0.0405. The highest BCUT2D eigenvalue weighted by Gasteiger charge is 2.25. The number of aromatic nitrogens is 5. The van der Waals surface area contributed by atoms with E-state index in [4.69, 9.17) is 37.6 Å². The number of carboxylic acid groups (broad SMARTS) is 1. The Balaban J connectivity index is 1.70. The van der Waals surface area contributed by atoms with Crippen molar-refractivity contribution in [1.82, 2.24) is 24.7 Å². The number of carbonyl (C=O) groups is 1. The summed E-state index contributed by atoms with van der Waals surface area (Å²) in [7, 11) is -13.3. The first-order valence-electron chi connectivity index (χ1n) is 14.6. The molecule has 0 bridgehead atoms. The van der Waals surface area contributed by atoms with Gasteiger partial charge in [0.1, 0.15) is 10.6 Å². The molecule has 7 N–H and O–H groups in total. The van der Waals surface area contributed by atoms with Crippen molar-refractivity contribution >= 4 is 118 Å². The highest BCUT2D eigenvalue weighted by Crippen LogP contribution is 2.36. The number of nitrogens with one attached hydrogen (secondary N) is 2. The maximum Gasteiger partial charge on any atom is 0.356 e. The lowest BCUT2D eigenvalue weighted by atomic mass is 10.3. The second-order valence-electron chi connectivity index (χ2n) is 10.4. The Morgan fingerprint density at radius 1 is 0.893 bits per heavy atom. The fraction of sp³-hybridized carbons (Fsp3) is 0.240.